The maximum atomic E-state index is 11.3. The first-order valence-corrected chi connectivity index (χ1v) is 4.64. The van der Waals surface area contributed by atoms with E-state index in [2.05, 4.69) is 17.1 Å². The minimum atomic E-state index is -0.739. The highest BCUT2D eigenvalue weighted by Gasteiger charge is 2.17. The summed E-state index contributed by atoms with van der Waals surface area (Å²) >= 11 is 0. The summed E-state index contributed by atoms with van der Waals surface area (Å²) in [6.45, 7) is 5.15. The van der Waals surface area contributed by atoms with Gasteiger partial charge in [-0.05, 0) is 32.9 Å². The van der Waals surface area contributed by atoms with Crippen molar-refractivity contribution in [1.29, 1.82) is 0 Å². The van der Waals surface area contributed by atoms with Gasteiger partial charge in [0.25, 0.3) is 0 Å². The van der Waals surface area contributed by atoms with Crippen LogP contribution in [0.1, 0.15) is 31.3 Å². The van der Waals surface area contributed by atoms with Gasteiger partial charge in [-0.25, -0.2) is 10.2 Å². The molecule has 0 bridgehead atoms. The molecule has 0 aromatic carbocycles. The number of hydrazine groups is 1. The van der Waals surface area contributed by atoms with Crippen LogP contribution in [0.4, 0.5) is 4.79 Å². The van der Waals surface area contributed by atoms with Crippen LogP contribution in [0.3, 0.4) is 0 Å². The van der Waals surface area contributed by atoms with Crippen LogP contribution < -0.4 is 10.9 Å². The molecule has 16 heavy (non-hydrogen) atoms. The fraction of sp³-hybridized carbons (Fsp3) is 0.400. The second-order valence-corrected chi connectivity index (χ2v) is 4.00. The topological polar surface area (TPSA) is 80.6 Å². The van der Waals surface area contributed by atoms with Crippen LogP contribution in [0.25, 0.3) is 0 Å². The number of hydrogen-bond acceptors (Lipinski definition) is 4. The van der Waals surface area contributed by atoms with Gasteiger partial charge >= 0.3 is 12.0 Å². The Balaban J connectivity index is 2.35. The van der Waals surface area contributed by atoms with E-state index >= 15 is 0 Å². The Morgan fingerprint density at radius 1 is 1.38 bits per heavy atom. The highest BCUT2D eigenvalue weighted by molar-refractivity contribution is 5.92. The van der Waals surface area contributed by atoms with E-state index in [1.54, 1.807) is 20.8 Å². The first-order chi connectivity index (χ1) is 7.38. The molecule has 0 saturated carbocycles. The molecular formula is C10H13N2O4. The smallest absolute Gasteiger partial charge is 0.426 e. The molecule has 87 valence electrons. The van der Waals surface area contributed by atoms with E-state index in [9.17, 15) is 9.59 Å². The molecule has 1 aromatic rings. The SMILES string of the molecule is CC(C)(C)OC(=O)NNC(=O)c1cc[c]o1. The predicted octanol–water partition coefficient (Wildman–Crippen LogP) is 1.25. The molecule has 0 unspecified atom stereocenters. The quantitative estimate of drug-likeness (QED) is 0.705. The Morgan fingerprint density at radius 2 is 2.06 bits per heavy atom. The maximum absolute atomic E-state index is 11.3. The van der Waals surface area contributed by atoms with Crippen molar-refractivity contribution in [3.8, 4) is 0 Å². The van der Waals surface area contributed by atoms with Gasteiger partial charge in [-0.15, -0.1) is 0 Å². The minimum Gasteiger partial charge on any atom is -0.448 e. The summed E-state index contributed by atoms with van der Waals surface area (Å²) in [4.78, 5) is 22.4. The fourth-order valence-electron chi connectivity index (χ4n) is 0.836. The molecule has 0 aliphatic rings. The van der Waals surface area contributed by atoms with Crippen LogP contribution in [0, 0.1) is 6.26 Å². The average molecular weight is 225 g/mol. The second-order valence-electron chi connectivity index (χ2n) is 4.00. The zero-order chi connectivity index (χ0) is 12.2. The van der Waals surface area contributed by atoms with Crippen molar-refractivity contribution in [2.75, 3.05) is 0 Å². The van der Waals surface area contributed by atoms with Crippen molar-refractivity contribution in [2.45, 2.75) is 26.4 Å². The number of hydrogen-bond donors (Lipinski definition) is 2. The molecular weight excluding hydrogens is 212 g/mol. The van der Waals surface area contributed by atoms with Gasteiger partial charge in [0.05, 0.1) is 0 Å². The molecule has 6 nitrogen and oxygen atoms in total. The lowest BCUT2D eigenvalue weighted by Crippen LogP contribution is -2.44. The van der Waals surface area contributed by atoms with Crippen molar-refractivity contribution in [2.24, 2.45) is 0 Å². The van der Waals surface area contributed by atoms with Gasteiger partial charge in [0.1, 0.15) is 5.60 Å². The first kappa shape index (κ1) is 12.1. The van der Waals surface area contributed by atoms with E-state index in [1.165, 1.54) is 12.1 Å². The first-order valence-electron chi connectivity index (χ1n) is 4.64. The number of ether oxygens (including phenoxy) is 1. The van der Waals surface area contributed by atoms with Crippen LogP contribution in [0.2, 0.25) is 0 Å². The Labute approximate surface area is 92.9 Å². The molecule has 0 aliphatic carbocycles. The second kappa shape index (κ2) is 4.69. The van der Waals surface area contributed by atoms with E-state index in [-0.39, 0.29) is 5.76 Å². The lowest BCUT2D eigenvalue weighted by molar-refractivity contribution is 0.0481. The summed E-state index contributed by atoms with van der Waals surface area (Å²) in [7, 11) is 0. The van der Waals surface area contributed by atoms with E-state index in [4.69, 9.17) is 9.15 Å². The van der Waals surface area contributed by atoms with Crippen molar-refractivity contribution in [3.63, 3.8) is 0 Å². The summed E-state index contributed by atoms with van der Waals surface area (Å²) in [6.07, 6.45) is 1.62. The Hall–Kier alpha value is -1.98. The summed E-state index contributed by atoms with van der Waals surface area (Å²) in [6, 6.07) is 2.87. The molecule has 0 fully saturated rings. The van der Waals surface area contributed by atoms with Gasteiger partial charge in [0.15, 0.2) is 12.0 Å². The number of carbonyl (C=O) groups excluding carboxylic acids is 2. The standard InChI is InChI=1S/C10H13N2O4/c1-10(2,3)16-9(14)12-11-8(13)7-5-4-6-15-7/h4-5H,1-3H3,(H,11,13)(H,12,14). The number of nitrogens with one attached hydrogen (secondary N) is 2. The van der Waals surface area contributed by atoms with Crippen LogP contribution in [0.15, 0.2) is 16.5 Å². The highest BCUT2D eigenvalue weighted by Crippen LogP contribution is 2.06. The molecule has 0 aliphatic heterocycles. The molecule has 1 heterocycles. The summed E-state index contributed by atoms with van der Waals surface area (Å²) < 4.78 is 9.60. The van der Waals surface area contributed by atoms with Gasteiger partial charge in [-0.2, -0.15) is 0 Å². The van der Waals surface area contributed by atoms with E-state index in [1.807, 2.05) is 0 Å². The summed E-state index contributed by atoms with van der Waals surface area (Å²) in [5, 5.41) is 0. The summed E-state index contributed by atoms with van der Waals surface area (Å²) in [5.74, 6) is -0.525. The number of carbonyl (C=O) groups is 2. The van der Waals surface area contributed by atoms with Crippen molar-refractivity contribution >= 4 is 12.0 Å². The zero-order valence-corrected chi connectivity index (χ0v) is 9.29. The van der Waals surface area contributed by atoms with Gasteiger partial charge in [0, 0.05) is 0 Å². The molecule has 2 N–H and O–H groups in total. The molecule has 1 aromatic heterocycles. The van der Waals surface area contributed by atoms with E-state index in [0.29, 0.717) is 0 Å². The average Bonchev–Trinajstić information content (AvgIpc) is 2.64. The monoisotopic (exact) mass is 225 g/mol. The number of rotatable bonds is 1. The van der Waals surface area contributed by atoms with Crippen LogP contribution >= 0.6 is 0 Å². The van der Waals surface area contributed by atoms with Gasteiger partial charge in [-0.3, -0.25) is 10.2 Å². The Kier molecular flexibility index (Phi) is 3.55. The van der Waals surface area contributed by atoms with Crippen LogP contribution in [0.5, 0.6) is 0 Å². The molecule has 0 spiro atoms. The summed E-state index contributed by atoms with van der Waals surface area (Å²) in [5.41, 5.74) is 3.61. The van der Waals surface area contributed by atoms with Crippen molar-refractivity contribution in [3.05, 3.63) is 24.2 Å². The van der Waals surface area contributed by atoms with Gasteiger partial charge < -0.3 is 9.15 Å². The van der Waals surface area contributed by atoms with Gasteiger partial charge in [-0.1, -0.05) is 0 Å². The maximum Gasteiger partial charge on any atom is 0.426 e. The van der Waals surface area contributed by atoms with E-state index in [0.717, 1.165) is 0 Å². The largest absolute Gasteiger partial charge is 0.448 e. The lowest BCUT2D eigenvalue weighted by atomic mass is 10.2. The molecule has 0 atom stereocenters. The van der Waals surface area contributed by atoms with Crippen LogP contribution in [-0.4, -0.2) is 17.6 Å². The number of furan rings is 1. The third-order valence-corrected chi connectivity index (χ3v) is 1.37. The highest BCUT2D eigenvalue weighted by atomic mass is 16.6. The van der Waals surface area contributed by atoms with Gasteiger partial charge in [0.2, 0.25) is 0 Å². The number of amides is 2. The Bertz CT molecular complexity index is 365. The molecule has 2 amide bonds. The Morgan fingerprint density at radius 3 is 2.56 bits per heavy atom. The minimum absolute atomic E-state index is 0.0519. The van der Waals surface area contributed by atoms with Crippen molar-refractivity contribution in [1.82, 2.24) is 10.9 Å². The molecule has 6 heteroatoms. The van der Waals surface area contributed by atoms with Crippen LogP contribution in [-0.2, 0) is 4.74 Å². The molecule has 0 saturated heterocycles. The molecule has 1 radical (unpaired) electrons. The third-order valence-electron chi connectivity index (χ3n) is 1.37. The fourth-order valence-corrected chi connectivity index (χ4v) is 0.836. The normalized spacial score (nSPS) is 10.7. The zero-order valence-electron chi connectivity index (χ0n) is 9.29. The van der Waals surface area contributed by atoms with Crippen molar-refractivity contribution < 1.29 is 18.7 Å². The molecule has 1 rings (SSSR count). The predicted molar refractivity (Wildman–Crippen MR) is 54.4 cm³/mol. The third kappa shape index (κ3) is 4.04. The lowest BCUT2D eigenvalue weighted by Gasteiger charge is -2.19. The van der Waals surface area contributed by atoms with E-state index < -0.39 is 17.6 Å².